The Balaban J connectivity index is 1.99. The van der Waals surface area contributed by atoms with Crippen LogP contribution in [-0.2, 0) is 6.54 Å². The van der Waals surface area contributed by atoms with Crippen molar-refractivity contribution in [2.75, 3.05) is 19.1 Å². The maximum Gasteiger partial charge on any atom is 0.193 e. The maximum absolute atomic E-state index is 7.94. The number of ether oxygens (including phenoxy) is 2. The molecule has 6 nitrogen and oxygen atoms in total. The van der Waals surface area contributed by atoms with Crippen LogP contribution in [-0.4, -0.2) is 20.2 Å². The smallest absolute Gasteiger partial charge is 0.193 e. The van der Waals surface area contributed by atoms with Gasteiger partial charge >= 0.3 is 0 Å². The summed E-state index contributed by atoms with van der Waals surface area (Å²) in [6.45, 7) is 0.313. The second kappa shape index (κ2) is 6.54. The second-order valence-corrected chi connectivity index (χ2v) is 5.26. The quantitative estimate of drug-likeness (QED) is 0.555. The van der Waals surface area contributed by atoms with Crippen molar-refractivity contribution in [2.24, 2.45) is 5.73 Å². The molecule has 0 aliphatic carbocycles. The van der Waals surface area contributed by atoms with E-state index < -0.39 is 0 Å². The number of nitrogens with zero attached hydrogens (tertiary/aromatic N) is 1. The van der Waals surface area contributed by atoms with E-state index in [4.69, 9.17) is 25.0 Å². The molecule has 0 bridgehead atoms. The highest BCUT2D eigenvalue weighted by Crippen LogP contribution is 2.33. The molecule has 0 unspecified atom stereocenters. The summed E-state index contributed by atoms with van der Waals surface area (Å²) >= 11 is 0. The van der Waals surface area contributed by atoms with Crippen molar-refractivity contribution >= 4 is 22.6 Å². The summed E-state index contributed by atoms with van der Waals surface area (Å²) in [5.74, 6) is 1.85. The van der Waals surface area contributed by atoms with Crippen LogP contribution in [0, 0.1) is 5.41 Å². The van der Waals surface area contributed by atoms with Crippen LogP contribution in [0.25, 0.3) is 11.0 Å². The van der Waals surface area contributed by atoms with Crippen molar-refractivity contribution in [3.05, 3.63) is 54.3 Å². The van der Waals surface area contributed by atoms with Crippen molar-refractivity contribution in [1.82, 2.24) is 0 Å². The number of methoxy groups -OCH3 is 2. The first-order valence-corrected chi connectivity index (χ1v) is 7.43. The lowest BCUT2D eigenvalue weighted by atomic mass is 10.2. The van der Waals surface area contributed by atoms with Gasteiger partial charge in [-0.15, -0.1) is 0 Å². The Labute approximate surface area is 139 Å². The van der Waals surface area contributed by atoms with Gasteiger partial charge in [-0.3, -0.25) is 5.41 Å². The van der Waals surface area contributed by atoms with E-state index in [0.29, 0.717) is 29.5 Å². The van der Waals surface area contributed by atoms with E-state index in [0.717, 1.165) is 11.0 Å². The third-order valence-electron chi connectivity index (χ3n) is 3.76. The molecule has 0 aliphatic rings. The average Bonchev–Trinajstić information content (AvgIpc) is 3.01. The number of hydrogen-bond donors (Lipinski definition) is 2. The van der Waals surface area contributed by atoms with Gasteiger partial charge in [0.1, 0.15) is 22.8 Å². The van der Waals surface area contributed by atoms with E-state index in [-0.39, 0.29) is 5.96 Å². The summed E-state index contributed by atoms with van der Waals surface area (Å²) in [7, 11) is 3.16. The molecular weight excluding hydrogens is 306 g/mol. The molecule has 0 radical (unpaired) electrons. The first-order chi connectivity index (χ1) is 11.6. The zero-order chi connectivity index (χ0) is 17.1. The minimum absolute atomic E-state index is 0.109. The fourth-order valence-corrected chi connectivity index (χ4v) is 2.58. The zero-order valence-corrected chi connectivity index (χ0v) is 13.6. The molecule has 6 heteroatoms. The molecule has 3 rings (SSSR count). The third-order valence-corrected chi connectivity index (χ3v) is 3.76. The molecular formula is C18H19N3O3. The van der Waals surface area contributed by atoms with Crippen LogP contribution >= 0.6 is 0 Å². The number of fused-ring (bicyclic) bond motifs is 1. The van der Waals surface area contributed by atoms with Crippen molar-refractivity contribution in [1.29, 1.82) is 5.41 Å². The highest BCUT2D eigenvalue weighted by atomic mass is 16.5. The van der Waals surface area contributed by atoms with E-state index in [2.05, 4.69) is 0 Å². The lowest BCUT2D eigenvalue weighted by Crippen LogP contribution is -2.36. The molecule has 0 spiro atoms. The summed E-state index contributed by atoms with van der Waals surface area (Å²) < 4.78 is 16.5. The van der Waals surface area contributed by atoms with Gasteiger partial charge < -0.3 is 24.5 Å². The van der Waals surface area contributed by atoms with Crippen LogP contribution in [0.4, 0.5) is 5.69 Å². The number of para-hydroxylation sites is 1. The molecule has 1 heterocycles. The van der Waals surface area contributed by atoms with Gasteiger partial charge in [-0.2, -0.15) is 0 Å². The fourth-order valence-electron chi connectivity index (χ4n) is 2.58. The van der Waals surface area contributed by atoms with Gasteiger partial charge in [-0.05, 0) is 24.3 Å². The van der Waals surface area contributed by atoms with Crippen LogP contribution in [0.5, 0.6) is 11.5 Å². The molecule has 0 fully saturated rings. The number of benzene rings is 2. The van der Waals surface area contributed by atoms with Gasteiger partial charge in [0, 0.05) is 11.5 Å². The van der Waals surface area contributed by atoms with Gasteiger partial charge in [-0.25, -0.2) is 0 Å². The van der Waals surface area contributed by atoms with Crippen molar-refractivity contribution in [3.8, 4) is 11.5 Å². The lowest BCUT2D eigenvalue weighted by molar-refractivity contribution is 0.403. The second-order valence-electron chi connectivity index (χ2n) is 5.26. The van der Waals surface area contributed by atoms with E-state index in [9.17, 15) is 0 Å². The average molecular weight is 325 g/mol. The Bertz CT molecular complexity index is 840. The van der Waals surface area contributed by atoms with Crippen LogP contribution in [0.3, 0.4) is 0 Å². The highest BCUT2D eigenvalue weighted by Gasteiger charge is 2.18. The Morgan fingerprint density at radius 3 is 2.58 bits per heavy atom. The van der Waals surface area contributed by atoms with E-state index in [1.807, 2.05) is 30.3 Å². The molecule has 0 atom stereocenters. The largest absolute Gasteiger partial charge is 0.497 e. The topological polar surface area (TPSA) is 84.7 Å². The van der Waals surface area contributed by atoms with Gasteiger partial charge in [0.25, 0.3) is 0 Å². The number of guanidine groups is 1. The Morgan fingerprint density at radius 2 is 1.92 bits per heavy atom. The molecule has 3 aromatic rings. The van der Waals surface area contributed by atoms with Crippen LogP contribution in [0.1, 0.15) is 5.76 Å². The predicted molar refractivity (Wildman–Crippen MR) is 93.9 cm³/mol. The van der Waals surface area contributed by atoms with Gasteiger partial charge in [0.15, 0.2) is 5.96 Å². The molecule has 2 aromatic carbocycles. The summed E-state index contributed by atoms with van der Waals surface area (Å²) in [6, 6.07) is 15.1. The van der Waals surface area contributed by atoms with Crippen molar-refractivity contribution in [2.45, 2.75) is 6.54 Å². The Kier molecular flexibility index (Phi) is 4.29. The third kappa shape index (κ3) is 2.99. The minimum Gasteiger partial charge on any atom is -0.497 e. The molecule has 0 aliphatic heterocycles. The monoisotopic (exact) mass is 325 g/mol. The molecule has 124 valence electrons. The number of rotatable bonds is 5. The SMILES string of the molecule is COc1ccc(OC)c(N(Cc2cc3ccccc3o2)C(=N)N)c1. The number of hydrogen-bond acceptors (Lipinski definition) is 4. The zero-order valence-electron chi connectivity index (χ0n) is 13.6. The fraction of sp³-hybridized carbons (Fsp3) is 0.167. The maximum atomic E-state index is 7.94. The molecule has 0 amide bonds. The number of nitrogens with two attached hydrogens (primary N) is 1. The molecule has 1 aromatic heterocycles. The number of anilines is 1. The van der Waals surface area contributed by atoms with Crippen LogP contribution in [0.15, 0.2) is 52.9 Å². The Hall–Kier alpha value is -3.15. The van der Waals surface area contributed by atoms with Crippen LogP contribution in [0.2, 0.25) is 0 Å². The minimum atomic E-state index is -0.109. The van der Waals surface area contributed by atoms with E-state index in [1.54, 1.807) is 37.3 Å². The molecule has 24 heavy (non-hydrogen) atoms. The van der Waals surface area contributed by atoms with Crippen molar-refractivity contribution < 1.29 is 13.9 Å². The number of furan rings is 1. The first-order valence-electron chi connectivity index (χ1n) is 7.43. The number of nitrogens with one attached hydrogen (secondary N) is 1. The lowest BCUT2D eigenvalue weighted by Gasteiger charge is -2.24. The van der Waals surface area contributed by atoms with Gasteiger partial charge in [0.05, 0.1) is 26.5 Å². The van der Waals surface area contributed by atoms with Crippen LogP contribution < -0.4 is 20.1 Å². The predicted octanol–water partition coefficient (Wildman–Crippen LogP) is 3.35. The van der Waals surface area contributed by atoms with E-state index >= 15 is 0 Å². The first kappa shape index (κ1) is 15.7. The Morgan fingerprint density at radius 1 is 1.12 bits per heavy atom. The normalized spacial score (nSPS) is 10.6. The summed E-state index contributed by atoms with van der Waals surface area (Å²) in [5.41, 5.74) is 7.24. The molecule has 0 saturated carbocycles. The van der Waals surface area contributed by atoms with Crippen molar-refractivity contribution in [3.63, 3.8) is 0 Å². The summed E-state index contributed by atoms with van der Waals surface area (Å²) in [6.07, 6.45) is 0. The van der Waals surface area contributed by atoms with Gasteiger partial charge in [0.2, 0.25) is 0 Å². The standard InChI is InChI=1S/C18H19N3O3/c1-22-13-7-8-17(23-2)15(10-13)21(18(19)20)11-14-9-12-5-3-4-6-16(12)24-14/h3-10H,11H2,1-2H3,(H3,19,20). The summed E-state index contributed by atoms with van der Waals surface area (Å²) in [4.78, 5) is 1.61. The molecule has 0 saturated heterocycles. The van der Waals surface area contributed by atoms with E-state index in [1.165, 1.54) is 0 Å². The molecule has 3 N–H and O–H groups in total. The summed E-state index contributed by atoms with van der Waals surface area (Å²) in [5, 5.41) is 8.95. The highest BCUT2D eigenvalue weighted by molar-refractivity contribution is 5.94. The van der Waals surface area contributed by atoms with Gasteiger partial charge in [-0.1, -0.05) is 18.2 Å².